The molecule has 1 aliphatic heterocycles. The summed E-state index contributed by atoms with van der Waals surface area (Å²) in [5.41, 5.74) is 1.57. The van der Waals surface area contributed by atoms with E-state index in [2.05, 4.69) is 10.0 Å². The fraction of sp³-hybridized carbons (Fsp3) is 0.235. The highest BCUT2D eigenvalue weighted by atomic mass is 32.2. The van der Waals surface area contributed by atoms with E-state index in [0.717, 1.165) is 11.3 Å². The zero-order chi connectivity index (χ0) is 17.2. The van der Waals surface area contributed by atoms with Gasteiger partial charge in [0.15, 0.2) is 0 Å². The summed E-state index contributed by atoms with van der Waals surface area (Å²) in [7, 11) is -3.61. The third kappa shape index (κ3) is 3.58. The van der Waals surface area contributed by atoms with Crippen LogP contribution in [0.5, 0.6) is 5.75 Å². The number of hydrogen-bond acceptors (Lipinski definition) is 4. The first-order valence-electron chi connectivity index (χ1n) is 7.55. The largest absolute Gasteiger partial charge is 0.493 e. The molecule has 126 valence electrons. The van der Waals surface area contributed by atoms with E-state index in [4.69, 9.17) is 4.74 Å². The summed E-state index contributed by atoms with van der Waals surface area (Å²) in [5, 5.41) is 2.60. The minimum absolute atomic E-state index is 0.00497. The van der Waals surface area contributed by atoms with Crippen molar-refractivity contribution < 1.29 is 17.9 Å². The molecule has 1 aliphatic rings. The van der Waals surface area contributed by atoms with Crippen molar-refractivity contribution in [1.29, 1.82) is 0 Å². The maximum Gasteiger partial charge on any atom is 0.240 e. The van der Waals surface area contributed by atoms with Crippen molar-refractivity contribution in [3.8, 4) is 5.75 Å². The van der Waals surface area contributed by atoms with Gasteiger partial charge in [-0.05, 0) is 30.3 Å². The van der Waals surface area contributed by atoms with Gasteiger partial charge in [0.2, 0.25) is 15.9 Å². The molecule has 0 saturated heterocycles. The zero-order valence-electron chi connectivity index (χ0n) is 13.2. The van der Waals surface area contributed by atoms with E-state index < -0.39 is 10.0 Å². The first-order chi connectivity index (χ1) is 11.5. The Kier molecular flexibility index (Phi) is 4.55. The van der Waals surface area contributed by atoms with Crippen molar-refractivity contribution in [2.75, 3.05) is 18.5 Å². The fourth-order valence-corrected chi connectivity index (χ4v) is 3.69. The predicted octanol–water partition coefficient (Wildman–Crippen LogP) is 2.10. The summed E-state index contributed by atoms with van der Waals surface area (Å²) < 4.78 is 33.0. The molecule has 2 N–H and O–H groups in total. The Morgan fingerprint density at radius 2 is 1.88 bits per heavy atom. The molecule has 2 aromatic carbocycles. The lowest BCUT2D eigenvalue weighted by atomic mass is 10.0. The van der Waals surface area contributed by atoms with Gasteiger partial charge < -0.3 is 10.1 Å². The van der Waals surface area contributed by atoms with Crippen molar-refractivity contribution in [2.45, 2.75) is 17.7 Å². The van der Waals surface area contributed by atoms with Gasteiger partial charge in [0.05, 0.1) is 11.5 Å². The molecule has 0 aliphatic carbocycles. The minimum atomic E-state index is -3.61. The second kappa shape index (κ2) is 6.62. The van der Waals surface area contributed by atoms with Gasteiger partial charge in [-0.25, -0.2) is 13.1 Å². The van der Waals surface area contributed by atoms with Gasteiger partial charge in [-0.1, -0.05) is 18.2 Å². The van der Waals surface area contributed by atoms with Crippen LogP contribution in [0.1, 0.15) is 18.4 Å². The van der Waals surface area contributed by atoms with Crippen molar-refractivity contribution in [2.24, 2.45) is 0 Å². The molecule has 2 aromatic rings. The lowest BCUT2D eigenvalue weighted by molar-refractivity contribution is -0.114. The van der Waals surface area contributed by atoms with Crippen LogP contribution in [-0.2, 0) is 14.8 Å². The van der Waals surface area contributed by atoms with Crippen LogP contribution in [0.15, 0.2) is 53.4 Å². The molecule has 24 heavy (non-hydrogen) atoms. The second-order valence-corrected chi connectivity index (χ2v) is 7.37. The number of benzene rings is 2. The van der Waals surface area contributed by atoms with E-state index in [1.165, 1.54) is 19.1 Å². The number of carbonyl (C=O) groups excluding carboxylic acids is 1. The lowest BCUT2D eigenvalue weighted by Gasteiger charge is -2.11. The number of ether oxygens (including phenoxy) is 1. The Hall–Kier alpha value is -2.38. The molecule has 1 atom stereocenters. The van der Waals surface area contributed by atoms with Crippen LogP contribution < -0.4 is 14.8 Å². The van der Waals surface area contributed by atoms with Gasteiger partial charge in [0.25, 0.3) is 0 Å². The van der Waals surface area contributed by atoms with E-state index in [9.17, 15) is 13.2 Å². The zero-order valence-corrected chi connectivity index (χ0v) is 14.0. The Labute approximate surface area is 140 Å². The summed E-state index contributed by atoms with van der Waals surface area (Å²) in [5.74, 6) is 0.597. The molecule has 0 saturated carbocycles. The Morgan fingerprint density at radius 1 is 1.17 bits per heavy atom. The van der Waals surface area contributed by atoms with Crippen LogP contribution in [0.25, 0.3) is 0 Å². The average Bonchev–Trinajstić information content (AvgIpc) is 2.96. The van der Waals surface area contributed by atoms with Gasteiger partial charge in [-0.3, -0.25) is 4.79 Å². The molecule has 1 heterocycles. The number of rotatable bonds is 5. The third-order valence-corrected chi connectivity index (χ3v) is 5.24. The molecular weight excluding hydrogens is 328 g/mol. The molecule has 1 unspecified atom stereocenters. The number of amides is 1. The highest BCUT2D eigenvalue weighted by Gasteiger charge is 2.25. The minimum Gasteiger partial charge on any atom is -0.493 e. The summed E-state index contributed by atoms with van der Waals surface area (Å²) >= 11 is 0. The van der Waals surface area contributed by atoms with Gasteiger partial charge >= 0.3 is 0 Å². The number of carbonyl (C=O) groups is 1. The van der Waals surface area contributed by atoms with Crippen molar-refractivity contribution >= 4 is 21.6 Å². The van der Waals surface area contributed by atoms with Crippen molar-refractivity contribution in [1.82, 2.24) is 4.72 Å². The number of anilines is 1. The number of sulfonamides is 1. The fourth-order valence-electron chi connectivity index (χ4n) is 2.61. The van der Waals surface area contributed by atoms with Crippen molar-refractivity contribution in [3.05, 3.63) is 54.1 Å². The molecule has 6 nitrogen and oxygen atoms in total. The summed E-state index contributed by atoms with van der Waals surface area (Å²) in [6.45, 7) is 2.13. The van der Waals surface area contributed by atoms with Crippen LogP contribution in [0.3, 0.4) is 0 Å². The maximum atomic E-state index is 12.4. The molecule has 0 fully saturated rings. The Morgan fingerprint density at radius 3 is 2.58 bits per heavy atom. The van der Waals surface area contributed by atoms with Gasteiger partial charge in [-0.15, -0.1) is 0 Å². The van der Waals surface area contributed by atoms with Gasteiger partial charge in [0.1, 0.15) is 5.75 Å². The Bertz CT molecular complexity index is 847. The lowest BCUT2D eigenvalue weighted by Crippen LogP contribution is -2.29. The molecule has 0 aromatic heterocycles. The summed E-state index contributed by atoms with van der Waals surface area (Å²) in [4.78, 5) is 11.1. The topological polar surface area (TPSA) is 84.5 Å². The normalized spacial score (nSPS) is 16.3. The van der Waals surface area contributed by atoms with E-state index in [1.54, 1.807) is 12.1 Å². The highest BCUT2D eigenvalue weighted by Crippen LogP contribution is 2.33. The molecule has 0 bridgehead atoms. The van der Waals surface area contributed by atoms with E-state index >= 15 is 0 Å². The smallest absolute Gasteiger partial charge is 0.240 e. The van der Waals surface area contributed by atoms with Crippen LogP contribution >= 0.6 is 0 Å². The van der Waals surface area contributed by atoms with E-state index in [1.807, 2.05) is 24.3 Å². The maximum absolute atomic E-state index is 12.4. The molecule has 0 spiro atoms. The highest BCUT2D eigenvalue weighted by molar-refractivity contribution is 7.89. The predicted molar refractivity (Wildman–Crippen MR) is 90.6 cm³/mol. The number of nitrogens with one attached hydrogen (secondary N) is 2. The van der Waals surface area contributed by atoms with Crippen LogP contribution in [0.4, 0.5) is 5.69 Å². The Balaban J connectivity index is 1.67. The van der Waals surface area contributed by atoms with Crippen LogP contribution in [0, 0.1) is 0 Å². The molecule has 1 amide bonds. The van der Waals surface area contributed by atoms with E-state index in [0.29, 0.717) is 12.3 Å². The van der Waals surface area contributed by atoms with Crippen LogP contribution in [-0.4, -0.2) is 27.5 Å². The first kappa shape index (κ1) is 16.5. The summed E-state index contributed by atoms with van der Waals surface area (Å²) in [6, 6.07) is 13.7. The molecule has 7 heteroatoms. The molecular formula is C17H18N2O4S. The quantitative estimate of drug-likeness (QED) is 0.868. The van der Waals surface area contributed by atoms with Gasteiger partial charge in [-0.2, -0.15) is 0 Å². The monoisotopic (exact) mass is 346 g/mol. The second-order valence-electron chi connectivity index (χ2n) is 5.60. The van der Waals surface area contributed by atoms with E-state index in [-0.39, 0.29) is 23.3 Å². The summed E-state index contributed by atoms with van der Waals surface area (Å²) in [6.07, 6.45) is 0. The first-order valence-corrected chi connectivity index (χ1v) is 9.03. The number of fused-ring (bicyclic) bond motifs is 1. The SMILES string of the molecule is CC(=O)Nc1ccc(S(=O)(=O)NCC2COc3ccccc32)cc1. The average molecular weight is 346 g/mol. The molecule has 0 radical (unpaired) electrons. The van der Waals surface area contributed by atoms with Crippen LogP contribution in [0.2, 0.25) is 0 Å². The van der Waals surface area contributed by atoms with Crippen molar-refractivity contribution in [3.63, 3.8) is 0 Å². The number of para-hydroxylation sites is 1. The third-order valence-electron chi connectivity index (χ3n) is 3.80. The number of hydrogen-bond donors (Lipinski definition) is 2. The van der Waals surface area contributed by atoms with Gasteiger partial charge in [0, 0.05) is 30.6 Å². The standard InChI is InChI=1S/C17H18N2O4S/c1-12(20)19-14-6-8-15(9-7-14)24(21,22)18-10-13-11-23-17-5-3-2-4-16(13)17/h2-9,13,18H,10-11H2,1H3,(H,19,20). The molecule has 3 rings (SSSR count).